The van der Waals surface area contributed by atoms with Gasteiger partial charge in [0.1, 0.15) is 5.82 Å². The van der Waals surface area contributed by atoms with Crippen LogP contribution in [0.5, 0.6) is 0 Å². The molecule has 15 heavy (non-hydrogen) atoms. The van der Waals surface area contributed by atoms with Crippen molar-refractivity contribution in [2.45, 2.75) is 13.3 Å². The van der Waals surface area contributed by atoms with Gasteiger partial charge in [-0.3, -0.25) is 0 Å². The second-order valence-corrected chi connectivity index (χ2v) is 3.13. The first-order valence-corrected chi connectivity index (χ1v) is 4.68. The molecule has 0 atom stereocenters. The van der Waals surface area contributed by atoms with Crippen molar-refractivity contribution in [2.75, 3.05) is 5.73 Å². The average molecular weight is 206 g/mol. The van der Waals surface area contributed by atoms with E-state index >= 15 is 0 Å². The van der Waals surface area contributed by atoms with E-state index < -0.39 is 0 Å². The molecule has 0 aliphatic heterocycles. The second kappa shape index (κ2) is 3.68. The molecule has 5 heteroatoms. The minimum atomic E-state index is -0.284. The third-order valence-electron chi connectivity index (χ3n) is 2.06. The molecule has 1 aromatic carbocycles. The first kappa shape index (κ1) is 9.64. The van der Waals surface area contributed by atoms with Gasteiger partial charge in [0.2, 0.25) is 5.95 Å². The van der Waals surface area contributed by atoms with E-state index in [1.165, 1.54) is 16.8 Å². The summed E-state index contributed by atoms with van der Waals surface area (Å²) in [4.78, 5) is 4.06. The maximum atomic E-state index is 12.7. The van der Waals surface area contributed by atoms with Crippen molar-refractivity contribution < 1.29 is 4.39 Å². The quantitative estimate of drug-likeness (QED) is 0.811. The Labute approximate surface area is 86.6 Å². The number of nitrogens with zero attached hydrogens (tertiary/aromatic N) is 3. The molecule has 0 fully saturated rings. The van der Waals surface area contributed by atoms with Gasteiger partial charge in [0.15, 0.2) is 5.82 Å². The van der Waals surface area contributed by atoms with Crippen LogP contribution in [0, 0.1) is 5.82 Å². The molecule has 0 spiro atoms. The summed E-state index contributed by atoms with van der Waals surface area (Å²) in [6, 6.07) is 5.95. The lowest BCUT2D eigenvalue weighted by atomic mass is 10.3. The maximum Gasteiger partial charge on any atom is 0.223 e. The van der Waals surface area contributed by atoms with E-state index in [2.05, 4.69) is 10.1 Å². The van der Waals surface area contributed by atoms with E-state index in [9.17, 15) is 4.39 Å². The van der Waals surface area contributed by atoms with Crippen molar-refractivity contribution in [3.63, 3.8) is 0 Å². The van der Waals surface area contributed by atoms with Crippen LogP contribution in [0.2, 0.25) is 0 Å². The van der Waals surface area contributed by atoms with Gasteiger partial charge in [-0.25, -0.2) is 4.39 Å². The Bertz CT molecular complexity index is 461. The van der Waals surface area contributed by atoms with Gasteiger partial charge in [0, 0.05) is 6.42 Å². The summed E-state index contributed by atoms with van der Waals surface area (Å²) in [5.41, 5.74) is 6.39. The van der Waals surface area contributed by atoms with E-state index in [4.69, 9.17) is 5.73 Å². The summed E-state index contributed by atoms with van der Waals surface area (Å²) in [6.07, 6.45) is 0.721. The van der Waals surface area contributed by atoms with Crippen molar-refractivity contribution in [3.05, 3.63) is 35.9 Å². The SMILES string of the molecule is CCc1nc(N)n(-c2ccc(F)cc2)n1. The van der Waals surface area contributed by atoms with E-state index in [1.54, 1.807) is 12.1 Å². The summed E-state index contributed by atoms with van der Waals surface area (Å²) in [6.45, 7) is 1.95. The Morgan fingerprint density at radius 1 is 1.33 bits per heavy atom. The molecule has 0 unspecified atom stereocenters. The summed E-state index contributed by atoms with van der Waals surface area (Å²) in [5, 5.41) is 4.19. The van der Waals surface area contributed by atoms with Gasteiger partial charge < -0.3 is 5.73 Å². The maximum absolute atomic E-state index is 12.7. The summed E-state index contributed by atoms with van der Waals surface area (Å²) >= 11 is 0. The lowest BCUT2D eigenvalue weighted by Gasteiger charge is -2.01. The highest BCUT2D eigenvalue weighted by Crippen LogP contribution is 2.12. The lowest BCUT2D eigenvalue weighted by molar-refractivity contribution is 0.627. The molecule has 78 valence electrons. The number of aryl methyl sites for hydroxylation is 1. The molecular formula is C10H11FN4. The van der Waals surface area contributed by atoms with Gasteiger partial charge in [0.25, 0.3) is 0 Å². The first-order chi connectivity index (χ1) is 7.20. The number of benzene rings is 1. The van der Waals surface area contributed by atoms with Crippen LogP contribution >= 0.6 is 0 Å². The minimum absolute atomic E-state index is 0.284. The molecular weight excluding hydrogens is 195 g/mol. The number of nitrogens with two attached hydrogens (primary N) is 1. The van der Waals surface area contributed by atoms with Crippen molar-refractivity contribution in [2.24, 2.45) is 0 Å². The normalized spacial score (nSPS) is 10.5. The summed E-state index contributed by atoms with van der Waals surface area (Å²) in [7, 11) is 0. The van der Waals surface area contributed by atoms with Crippen molar-refractivity contribution in [1.29, 1.82) is 0 Å². The van der Waals surface area contributed by atoms with Crippen LogP contribution in [0.4, 0.5) is 10.3 Å². The topological polar surface area (TPSA) is 56.7 Å². The summed E-state index contributed by atoms with van der Waals surface area (Å²) in [5.74, 6) is 0.712. The molecule has 0 saturated carbocycles. The van der Waals surface area contributed by atoms with E-state index in [0.29, 0.717) is 17.5 Å². The fourth-order valence-corrected chi connectivity index (χ4v) is 1.29. The number of rotatable bonds is 2. The molecule has 0 aliphatic rings. The summed E-state index contributed by atoms with van der Waals surface area (Å²) < 4.78 is 14.2. The minimum Gasteiger partial charge on any atom is -0.368 e. The zero-order valence-electron chi connectivity index (χ0n) is 8.31. The number of anilines is 1. The van der Waals surface area contributed by atoms with Crippen molar-refractivity contribution in [1.82, 2.24) is 14.8 Å². The standard InChI is InChI=1S/C10H11FN4/c1-2-9-13-10(12)15(14-9)8-5-3-7(11)4-6-8/h3-6H,2H2,1H3,(H2,12,13,14). The zero-order valence-corrected chi connectivity index (χ0v) is 8.31. The lowest BCUT2D eigenvalue weighted by Crippen LogP contribution is -2.02. The fraction of sp³-hybridized carbons (Fsp3) is 0.200. The number of nitrogen functional groups attached to an aromatic ring is 1. The molecule has 2 rings (SSSR count). The van der Waals surface area contributed by atoms with Crippen LogP contribution in [0.3, 0.4) is 0 Å². The molecule has 0 amide bonds. The van der Waals surface area contributed by atoms with Gasteiger partial charge >= 0.3 is 0 Å². The van der Waals surface area contributed by atoms with Crippen LogP contribution in [0.15, 0.2) is 24.3 Å². The van der Waals surface area contributed by atoms with E-state index in [0.717, 1.165) is 6.42 Å². The van der Waals surface area contributed by atoms with Gasteiger partial charge in [-0.1, -0.05) is 6.92 Å². The van der Waals surface area contributed by atoms with Gasteiger partial charge in [-0.2, -0.15) is 9.67 Å². The molecule has 2 N–H and O–H groups in total. The van der Waals surface area contributed by atoms with Crippen molar-refractivity contribution >= 4 is 5.95 Å². The molecule has 0 radical (unpaired) electrons. The molecule has 4 nitrogen and oxygen atoms in total. The third kappa shape index (κ3) is 1.81. The van der Waals surface area contributed by atoms with Crippen molar-refractivity contribution in [3.8, 4) is 5.69 Å². The Morgan fingerprint density at radius 2 is 2.00 bits per heavy atom. The molecule has 2 aromatic rings. The van der Waals surface area contributed by atoms with Crippen LogP contribution in [0.1, 0.15) is 12.7 Å². The highest BCUT2D eigenvalue weighted by atomic mass is 19.1. The largest absolute Gasteiger partial charge is 0.368 e. The average Bonchev–Trinajstić information content (AvgIpc) is 2.61. The van der Waals surface area contributed by atoms with Gasteiger partial charge in [-0.05, 0) is 24.3 Å². The Hall–Kier alpha value is -1.91. The number of hydrogen-bond acceptors (Lipinski definition) is 3. The fourth-order valence-electron chi connectivity index (χ4n) is 1.29. The molecule has 0 saturated heterocycles. The third-order valence-corrected chi connectivity index (χ3v) is 2.06. The molecule has 1 heterocycles. The predicted molar refractivity (Wildman–Crippen MR) is 55.1 cm³/mol. The highest BCUT2D eigenvalue weighted by Gasteiger charge is 2.06. The van der Waals surface area contributed by atoms with Gasteiger partial charge in [-0.15, -0.1) is 5.10 Å². The molecule has 1 aromatic heterocycles. The Morgan fingerprint density at radius 3 is 2.53 bits per heavy atom. The van der Waals surface area contributed by atoms with Crippen LogP contribution < -0.4 is 5.73 Å². The predicted octanol–water partition coefficient (Wildman–Crippen LogP) is 1.55. The van der Waals surface area contributed by atoms with Crippen LogP contribution in [-0.2, 0) is 6.42 Å². The first-order valence-electron chi connectivity index (χ1n) is 4.68. The van der Waals surface area contributed by atoms with Crippen LogP contribution in [0.25, 0.3) is 5.69 Å². The Kier molecular flexibility index (Phi) is 2.37. The smallest absolute Gasteiger partial charge is 0.223 e. The Balaban J connectivity index is 2.44. The zero-order chi connectivity index (χ0) is 10.8. The molecule has 0 bridgehead atoms. The second-order valence-electron chi connectivity index (χ2n) is 3.13. The molecule has 0 aliphatic carbocycles. The van der Waals surface area contributed by atoms with E-state index in [-0.39, 0.29) is 5.82 Å². The van der Waals surface area contributed by atoms with Gasteiger partial charge in [0.05, 0.1) is 5.69 Å². The highest BCUT2D eigenvalue weighted by molar-refractivity contribution is 5.37. The monoisotopic (exact) mass is 206 g/mol. The van der Waals surface area contributed by atoms with E-state index in [1.807, 2.05) is 6.92 Å². The number of halogens is 1. The number of hydrogen-bond donors (Lipinski definition) is 1. The number of aromatic nitrogens is 3. The van der Waals surface area contributed by atoms with Crippen LogP contribution in [-0.4, -0.2) is 14.8 Å².